The summed E-state index contributed by atoms with van der Waals surface area (Å²) in [4.78, 5) is 4.58. The first kappa shape index (κ1) is 14.4. The van der Waals surface area contributed by atoms with Gasteiger partial charge < -0.3 is 0 Å². The van der Waals surface area contributed by atoms with Crippen molar-refractivity contribution in [3.63, 3.8) is 0 Å². The van der Waals surface area contributed by atoms with Crippen molar-refractivity contribution in [3.8, 4) is 5.69 Å². The predicted octanol–water partition coefficient (Wildman–Crippen LogP) is 3.64. The van der Waals surface area contributed by atoms with Gasteiger partial charge in [-0.2, -0.15) is 5.10 Å². The number of aromatic nitrogens is 4. The first-order chi connectivity index (χ1) is 10.0. The molecule has 0 amide bonds. The zero-order valence-corrected chi connectivity index (χ0v) is 13.1. The number of nitrogens with zero attached hydrogens (tertiary/aromatic N) is 4. The maximum Gasteiger partial charge on any atom is 0.163 e. The number of hydrogen-bond acceptors (Lipinski definition) is 2. The number of alkyl halides is 1. The van der Waals surface area contributed by atoms with E-state index < -0.39 is 0 Å². The molecule has 0 atom stereocenters. The fourth-order valence-electron chi connectivity index (χ4n) is 2.48. The molecule has 0 bridgehead atoms. The first-order valence-electron chi connectivity index (χ1n) is 6.45. The lowest BCUT2D eigenvalue weighted by Gasteiger charge is -2.11. The van der Waals surface area contributed by atoms with Crippen molar-refractivity contribution in [3.05, 3.63) is 40.6 Å². The normalized spacial score (nSPS) is 11.5. The molecule has 0 aliphatic heterocycles. The Balaban J connectivity index is 2.38. The summed E-state index contributed by atoms with van der Waals surface area (Å²) in [6, 6.07) is 4.25. The quantitative estimate of drug-likeness (QED) is 0.689. The third kappa shape index (κ3) is 2.30. The summed E-state index contributed by atoms with van der Waals surface area (Å²) < 4.78 is 17.2. The Bertz CT molecular complexity index is 822. The number of benzene rings is 1. The maximum atomic E-state index is 13.6. The Labute approximate surface area is 131 Å². The van der Waals surface area contributed by atoms with Crippen LogP contribution >= 0.6 is 23.2 Å². The Morgan fingerprint density at radius 1 is 1.33 bits per heavy atom. The second-order valence-electron chi connectivity index (χ2n) is 4.78. The van der Waals surface area contributed by atoms with E-state index in [0.29, 0.717) is 23.0 Å². The number of halogens is 3. The molecule has 0 aliphatic carbocycles. The number of hydrogen-bond donors (Lipinski definition) is 0. The smallest absolute Gasteiger partial charge is 0.163 e. The van der Waals surface area contributed by atoms with Gasteiger partial charge in [-0.15, -0.1) is 11.6 Å². The van der Waals surface area contributed by atoms with E-state index in [2.05, 4.69) is 10.1 Å². The Morgan fingerprint density at radius 3 is 2.81 bits per heavy atom. The van der Waals surface area contributed by atoms with E-state index in [1.807, 2.05) is 18.5 Å². The molecule has 0 unspecified atom stereocenters. The summed E-state index contributed by atoms with van der Waals surface area (Å²) in [7, 11) is 1.82. The van der Waals surface area contributed by atoms with Crippen LogP contribution < -0.4 is 0 Å². The molecule has 3 aromatic rings. The van der Waals surface area contributed by atoms with Crippen LogP contribution in [0, 0.1) is 12.7 Å². The van der Waals surface area contributed by atoms with E-state index in [1.165, 1.54) is 18.2 Å². The van der Waals surface area contributed by atoms with Gasteiger partial charge in [0.1, 0.15) is 17.2 Å². The molecule has 0 spiro atoms. The van der Waals surface area contributed by atoms with E-state index >= 15 is 0 Å². The van der Waals surface area contributed by atoms with Crippen LogP contribution in [-0.2, 0) is 13.5 Å². The Morgan fingerprint density at radius 2 is 2.10 bits per heavy atom. The molecule has 1 aromatic carbocycles. The fraction of sp³-hybridized carbons (Fsp3) is 0.286. The minimum Gasteiger partial charge on any atom is -0.279 e. The topological polar surface area (TPSA) is 35.6 Å². The average molecular weight is 327 g/mol. The molecule has 7 heteroatoms. The molecule has 3 rings (SSSR count). The van der Waals surface area contributed by atoms with Gasteiger partial charge >= 0.3 is 0 Å². The van der Waals surface area contributed by atoms with E-state index in [-0.39, 0.29) is 5.82 Å². The van der Waals surface area contributed by atoms with Gasteiger partial charge in [-0.1, -0.05) is 11.6 Å². The molecule has 0 fully saturated rings. The number of imidazole rings is 1. The van der Waals surface area contributed by atoms with Crippen LogP contribution in [0.25, 0.3) is 16.9 Å². The van der Waals surface area contributed by atoms with Crippen LogP contribution in [-0.4, -0.2) is 25.2 Å². The highest BCUT2D eigenvalue weighted by Gasteiger charge is 2.20. The molecule has 0 N–H and O–H groups in total. The maximum absolute atomic E-state index is 13.6. The van der Waals surface area contributed by atoms with Crippen molar-refractivity contribution in [1.29, 1.82) is 0 Å². The zero-order valence-electron chi connectivity index (χ0n) is 11.6. The molecule has 110 valence electrons. The standard InChI is InChI=1S/C14H13Cl2FN4/c1-8-13-14(20(2)19-8)21(12(18-13)5-6-15)11-7-9(17)3-4-10(11)16/h3-4,7H,5-6H2,1-2H3. The van der Waals surface area contributed by atoms with Crippen molar-refractivity contribution in [1.82, 2.24) is 19.3 Å². The summed E-state index contributed by atoms with van der Waals surface area (Å²) >= 11 is 12.1. The molecule has 4 nitrogen and oxygen atoms in total. The summed E-state index contributed by atoms with van der Waals surface area (Å²) in [6.45, 7) is 1.89. The lowest BCUT2D eigenvalue weighted by Crippen LogP contribution is -2.07. The second-order valence-corrected chi connectivity index (χ2v) is 5.56. The van der Waals surface area contributed by atoms with Gasteiger partial charge in [0, 0.05) is 19.3 Å². The summed E-state index contributed by atoms with van der Waals surface area (Å²) in [5.41, 5.74) is 2.91. The highest BCUT2D eigenvalue weighted by Crippen LogP contribution is 2.29. The molecule has 0 saturated carbocycles. The van der Waals surface area contributed by atoms with Crippen molar-refractivity contribution < 1.29 is 4.39 Å². The number of fused-ring (bicyclic) bond motifs is 1. The van der Waals surface area contributed by atoms with Crippen molar-refractivity contribution in [2.24, 2.45) is 7.05 Å². The molecular formula is C14H13Cl2FN4. The summed E-state index contributed by atoms with van der Waals surface area (Å²) in [5.74, 6) is 0.804. The average Bonchev–Trinajstić information content (AvgIpc) is 2.93. The van der Waals surface area contributed by atoms with Crippen LogP contribution in [0.4, 0.5) is 4.39 Å². The fourth-order valence-corrected chi connectivity index (χ4v) is 2.85. The van der Waals surface area contributed by atoms with Crippen molar-refractivity contribution >= 4 is 34.4 Å². The molecule has 0 radical (unpaired) electrons. The number of aryl methyl sites for hydroxylation is 3. The molecule has 2 aromatic heterocycles. The van der Waals surface area contributed by atoms with Crippen LogP contribution in [0.1, 0.15) is 11.5 Å². The van der Waals surface area contributed by atoms with Crippen molar-refractivity contribution in [2.45, 2.75) is 13.3 Å². The zero-order chi connectivity index (χ0) is 15.1. The lowest BCUT2D eigenvalue weighted by molar-refractivity contribution is 0.626. The first-order valence-corrected chi connectivity index (χ1v) is 7.36. The molecule has 2 heterocycles. The number of rotatable bonds is 3. The highest BCUT2D eigenvalue weighted by molar-refractivity contribution is 6.32. The lowest BCUT2D eigenvalue weighted by atomic mass is 10.3. The minimum atomic E-state index is -0.355. The van der Waals surface area contributed by atoms with Gasteiger partial charge in [-0.25, -0.2) is 14.1 Å². The Hall–Kier alpha value is -1.59. The minimum absolute atomic E-state index is 0.355. The van der Waals surface area contributed by atoms with E-state index in [0.717, 1.165) is 22.7 Å². The summed E-state index contributed by atoms with van der Waals surface area (Å²) in [5, 5.41) is 4.80. The van der Waals surface area contributed by atoms with Gasteiger partial charge in [-0.05, 0) is 25.1 Å². The molecule has 0 saturated heterocycles. The van der Waals surface area contributed by atoms with Crippen LogP contribution in [0.2, 0.25) is 5.02 Å². The summed E-state index contributed by atoms with van der Waals surface area (Å²) in [6.07, 6.45) is 0.558. The molecule has 0 aliphatic rings. The van der Waals surface area contributed by atoms with E-state index in [9.17, 15) is 4.39 Å². The highest BCUT2D eigenvalue weighted by atomic mass is 35.5. The van der Waals surface area contributed by atoms with Crippen LogP contribution in [0.5, 0.6) is 0 Å². The van der Waals surface area contributed by atoms with Gasteiger partial charge in [0.25, 0.3) is 0 Å². The second kappa shape index (κ2) is 5.31. The van der Waals surface area contributed by atoms with Gasteiger partial charge in [0.2, 0.25) is 0 Å². The monoisotopic (exact) mass is 326 g/mol. The third-order valence-corrected chi connectivity index (χ3v) is 3.85. The van der Waals surface area contributed by atoms with E-state index in [1.54, 1.807) is 4.68 Å². The third-order valence-electron chi connectivity index (χ3n) is 3.34. The SMILES string of the molecule is Cc1nn(C)c2c1nc(CCCl)n2-c1cc(F)ccc1Cl. The Kier molecular flexibility index (Phi) is 3.63. The van der Waals surface area contributed by atoms with Gasteiger partial charge in [0.05, 0.1) is 16.4 Å². The van der Waals surface area contributed by atoms with Crippen molar-refractivity contribution in [2.75, 3.05) is 5.88 Å². The molecular weight excluding hydrogens is 314 g/mol. The van der Waals surface area contributed by atoms with Gasteiger partial charge in [0.15, 0.2) is 5.65 Å². The largest absolute Gasteiger partial charge is 0.279 e. The molecule has 21 heavy (non-hydrogen) atoms. The van der Waals surface area contributed by atoms with E-state index in [4.69, 9.17) is 23.2 Å². The van der Waals surface area contributed by atoms with Gasteiger partial charge in [-0.3, -0.25) is 4.57 Å². The van der Waals surface area contributed by atoms with Crippen LogP contribution in [0.3, 0.4) is 0 Å². The van der Waals surface area contributed by atoms with Crippen LogP contribution in [0.15, 0.2) is 18.2 Å². The predicted molar refractivity (Wildman–Crippen MR) is 82.0 cm³/mol.